The van der Waals surface area contributed by atoms with E-state index in [0.717, 1.165) is 18.7 Å². The molecule has 1 aliphatic carbocycles. The second kappa shape index (κ2) is 7.08. The van der Waals surface area contributed by atoms with Crippen LogP contribution in [0.1, 0.15) is 37.9 Å². The van der Waals surface area contributed by atoms with E-state index >= 15 is 0 Å². The summed E-state index contributed by atoms with van der Waals surface area (Å²) in [6.07, 6.45) is 0.284. The van der Waals surface area contributed by atoms with Crippen LogP contribution in [-0.4, -0.2) is 45.5 Å². The number of nitrogens with one attached hydrogen (secondary N) is 2. The summed E-state index contributed by atoms with van der Waals surface area (Å²) >= 11 is 0. The third-order valence-corrected chi connectivity index (χ3v) is 4.86. The highest BCUT2D eigenvalue weighted by molar-refractivity contribution is 5.78. The molecule has 2 aliphatic rings. The van der Waals surface area contributed by atoms with Crippen molar-refractivity contribution in [1.29, 1.82) is 0 Å². The lowest BCUT2D eigenvalue weighted by molar-refractivity contribution is -0.184. The molecule has 1 saturated carbocycles. The van der Waals surface area contributed by atoms with Crippen molar-refractivity contribution >= 4 is 5.91 Å². The molecule has 3 rings (SSSR count). The van der Waals surface area contributed by atoms with E-state index in [1.807, 2.05) is 4.68 Å². The fourth-order valence-electron chi connectivity index (χ4n) is 3.54. The summed E-state index contributed by atoms with van der Waals surface area (Å²) in [4.78, 5) is 16.2. The maximum Gasteiger partial charge on any atom is 0.391 e. The molecule has 0 spiro atoms. The van der Waals surface area contributed by atoms with Crippen LogP contribution in [-0.2, 0) is 17.8 Å². The van der Waals surface area contributed by atoms with Gasteiger partial charge in [-0.05, 0) is 25.7 Å². The minimum absolute atomic E-state index is 0.0129. The van der Waals surface area contributed by atoms with Gasteiger partial charge in [0, 0.05) is 18.5 Å². The quantitative estimate of drug-likeness (QED) is 0.866. The first-order valence-corrected chi connectivity index (χ1v) is 8.38. The first kappa shape index (κ1) is 17.2. The van der Waals surface area contributed by atoms with Gasteiger partial charge >= 0.3 is 6.18 Å². The number of hydrogen-bond acceptors (Lipinski definition) is 4. The zero-order valence-electron chi connectivity index (χ0n) is 13.4. The van der Waals surface area contributed by atoms with Crippen LogP contribution < -0.4 is 10.6 Å². The van der Waals surface area contributed by atoms with Crippen LogP contribution in [0.2, 0.25) is 0 Å². The Labute approximate surface area is 138 Å². The van der Waals surface area contributed by atoms with Crippen LogP contribution in [0.4, 0.5) is 13.2 Å². The standard InChI is InChI=1S/C15H22F3N5O/c16-15(17,18)10-2-1-3-11(6-10)22-14(24)7-19-12-4-5-13-20-9-21-23(13)8-12/h9-12,19H,1-8H2,(H,22,24)/t10-,11+,12+/m0/s1. The summed E-state index contributed by atoms with van der Waals surface area (Å²) in [6.45, 7) is 0.768. The van der Waals surface area contributed by atoms with Crippen molar-refractivity contribution in [3.05, 3.63) is 12.2 Å². The van der Waals surface area contributed by atoms with Crippen LogP contribution in [0.5, 0.6) is 0 Å². The Morgan fingerprint density at radius 1 is 1.29 bits per heavy atom. The maximum atomic E-state index is 12.8. The molecule has 0 bridgehead atoms. The van der Waals surface area contributed by atoms with E-state index in [2.05, 4.69) is 20.7 Å². The van der Waals surface area contributed by atoms with Crippen LogP contribution in [0.15, 0.2) is 6.33 Å². The highest BCUT2D eigenvalue weighted by Gasteiger charge is 2.42. The second-order valence-electron chi connectivity index (χ2n) is 6.64. The van der Waals surface area contributed by atoms with Gasteiger partial charge in [0.05, 0.1) is 19.0 Å². The van der Waals surface area contributed by atoms with Gasteiger partial charge in [-0.15, -0.1) is 0 Å². The number of amides is 1. The molecule has 1 aromatic heterocycles. The van der Waals surface area contributed by atoms with Crippen LogP contribution in [0, 0.1) is 5.92 Å². The molecular weight excluding hydrogens is 323 g/mol. The van der Waals surface area contributed by atoms with Crippen LogP contribution in [0.25, 0.3) is 0 Å². The fraction of sp³-hybridized carbons (Fsp3) is 0.800. The molecule has 2 N–H and O–H groups in total. The molecule has 3 atom stereocenters. The Balaban J connectivity index is 1.41. The van der Waals surface area contributed by atoms with Gasteiger partial charge < -0.3 is 10.6 Å². The molecule has 0 saturated heterocycles. The van der Waals surface area contributed by atoms with Crippen molar-refractivity contribution in [2.24, 2.45) is 5.92 Å². The number of rotatable bonds is 4. The lowest BCUT2D eigenvalue weighted by Crippen LogP contribution is -2.47. The van der Waals surface area contributed by atoms with Gasteiger partial charge in [0.15, 0.2) is 0 Å². The highest BCUT2D eigenvalue weighted by atomic mass is 19.4. The number of nitrogens with zero attached hydrogens (tertiary/aromatic N) is 3. The Morgan fingerprint density at radius 2 is 2.12 bits per heavy atom. The molecule has 1 amide bonds. The zero-order chi connectivity index (χ0) is 17.2. The lowest BCUT2D eigenvalue weighted by atomic mass is 9.85. The average molecular weight is 345 g/mol. The third-order valence-electron chi connectivity index (χ3n) is 4.86. The van der Waals surface area contributed by atoms with Gasteiger partial charge in [0.1, 0.15) is 12.2 Å². The van der Waals surface area contributed by atoms with Crippen molar-refractivity contribution in [2.75, 3.05) is 6.54 Å². The lowest BCUT2D eigenvalue weighted by Gasteiger charge is -2.31. The predicted octanol–water partition coefficient (Wildman–Crippen LogP) is 1.42. The summed E-state index contributed by atoms with van der Waals surface area (Å²) < 4.78 is 40.2. The Bertz CT molecular complexity index is 574. The van der Waals surface area contributed by atoms with E-state index in [9.17, 15) is 18.0 Å². The van der Waals surface area contributed by atoms with Crippen molar-refractivity contribution in [3.8, 4) is 0 Å². The number of fused-ring (bicyclic) bond motifs is 1. The molecule has 6 nitrogen and oxygen atoms in total. The molecule has 0 radical (unpaired) electrons. The zero-order valence-corrected chi connectivity index (χ0v) is 13.4. The Hall–Kier alpha value is -1.64. The molecule has 1 aromatic rings. The molecule has 0 aromatic carbocycles. The number of aromatic nitrogens is 3. The number of carbonyl (C=O) groups excluding carboxylic acids is 1. The van der Waals surface area contributed by atoms with Crippen molar-refractivity contribution in [3.63, 3.8) is 0 Å². The molecular formula is C15H22F3N5O. The highest BCUT2D eigenvalue weighted by Crippen LogP contribution is 2.37. The summed E-state index contributed by atoms with van der Waals surface area (Å²) in [7, 11) is 0. The summed E-state index contributed by atoms with van der Waals surface area (Å²) in [5.41, 5.74) is 0. The number of aryl methyl sites for hydroxylation is 1. The van der Waals surface area contributed by atoms with E-state index in [1.54, 1.807) is 0 Å². The second-order valence-corrected chi connectivity index (χ2v) is 6.64. The van der Waals surface area contributed by atoms with Crippen molar-refractivity contribution < 1.29 is 18.0 Å². The molecule has 134 valence electrons. The van der Waals surface area contributed by atoms with Crippen molar-refractivity contribution in [1.82, 2.24) is 25.4 Å². The van der Waals surface area contributed by atoms with E-state index in [4.69, 9.17) is 0 Å². The van der Waals surface area contributed by atoms with Gasteiger partial charge in [-0.1, -0.05) is 6.42 Å². The minimum Gasteiger partial charge on any atom is -0.352 e. The Morgan fingerprint density at radius 3 is 2.92 bits per heavy atom. The number of carbonyl (C=O) groups is 1. The smallest absolute Gasteiger partial charge is 0.352 e. The predicted molar refractivity (Wildman–Crippen MR) is 80.1 cm³/mol. The SMILES string of the molecule is O=C(CN[C@@H]1CCc2ncnn2C1)N[C@@H]1CCC[C@H](C(F)(F)F)C1. The van der Waals surface area contributed by atoms with Gasteiger partial charge in [-0.25, -0.2) is 9.67 Å². The topological polar surface area (TPSA) is 71.8 Å². The average Bonchev–Trinajstić information content (AvgIpc) is 3.00. The molecule has 2 heterocycles. The van der Waals surface area contributed by atoms with Crippen LogP contribution in [0.3, 0.4) is 0 Å². The number of hydrogen-bond donors (Lipinski definition) is 2. The van der Waals surface area contributed by atoms with Crippen LogP contribution >= 0.6 is 0 Å². The minimum atomic E-state index is -4.17. The van der Waals surface area contributed by atoms with Gasteiger partial charge in [-0.3, -0.25) is 4.79 Å². The molecule has 1 aliphatic heterocycles. The molecule has 1 fully saturated rings. The summed E-state index contributed by atoms with van der Waals surface area (Å²) in [5.74, 6) is -0.598. The van der Waals surface area contributed by atoms with E-state index in [0.29, 0.717) is 19.4 Å². The summed E-state index contributed by atoms with van der Waals surface area (Å²) in [6, 6.07) is -0.257. The largest absolute Gasteiger partial charge is 0.391 e. The maximum absolute atomic E-state index is 12.8. The molecule has 24 heavy (non-hydrogen) atoms. The Kier molecular flexibility index (Phi) is 5.07. The van der Waals surface area contributed by atoms with Crippen molar-refractivity contribution in [2.45, 2.75) is 63.3 Å². The normalized spacial score (nSPS) is 27.5. The van der Waals surface area contributed by atoms with Gasteiger partial charge in [0.2, 0.25) is 5.91 Å². The third kappa shape index (κ3) is 4.25. The molecule has 9 heteroatoms. The summed E-state index contributed by atoms with van der Waals surface area (Å²) in [5, 5.41) is 10.0. The van der Waals surface area contributed by atoms with Gasteiger partial charge in [0.25, 0.3) is 0 Å². The van der Waals surface area contributed by atoms with E-state index in [-0.39, 0.29) is 37.4 Å². The fourth-order valence-corrected chi connectivity index (χ4v) is 3.54. The molecule has 0 unspecified atom stereocenters. The van der Waals surface area contributed by atoms with Gasteiger partial charge in [-0.2, -0.15) is 18.3 Å². The first-order valence-electron chi connectivity index (χ1n) is 8.38. The number of halogens is 3. The van der Waals surface area contributed by atoms with E-state index < -0.39 is 12.1 Å². The number of alkyl halides is 3. The van der Waals surface area contributed by atoms with E-state index in [1.165, 1.54) is 6.33 Å². The monoisotopic (exact) mass is 345 g/mol. The first-order chi connectivity index (χ1) is 11.4.